The number of ether oxygens (including phenoxy) is 1. The maximum Gasteiger partial charge on any atom is 0.0942 e. The van der Waals surface area contributed by atoms with Crippen molar-refractivity contribution in [3.63, 3.8) is 0 Å². The first-order chi connectivity index (χ1) is 11.7. The zero-order valence-electron chi connectivity index (χ0n) is 16.0. The summed E-state index contributed by atoms with van der Waals surface area (Å²) in [4.78, 5) is 0. The van der Waals surface area contributed by atoms with Gasteiger partial charge >= 0.3 is 0 Å². The lowest BCUT2D eigenvalue weighted by atomic mass is 9.43. The van der Waals surface area contributed by atoms with E-state index in [-0.39, 0.29) is 36.8 Å². The van der Waals surface area contributed by atoms with E-state index in [1.54, 1.807) is 0 Å². The molecule has 0 aromatic heterocycles. The van der Waals surface area contributed by atoms with Crippen LogP contribution in [0.25, 0.3) is 0 Å². The Morgan fingerprint density at radius 3 is 2.28 bits per heavy atom. The van der Waals surface area contributed by atoms with Crippen molar-refractivity contribution in [2.24, 2.45) is 22.7 Å². The topological polar surface area (TPSA) is 90.2 Å². The predicted octanol–water partition coefficient (Wildman–Crippen LogP) is 1.85. The van der Waals surface area contributed by atoms with Gasteiger partial charge in [-0.05, 0) is 50.4 Å². The molecule has 0 radical (unpaired) electrons. The minimum Gasteiger partial charge on any atom is -0.396 e. The van der Waals surface area contributed by atoms with Crippen LogP contribution in [0.3, 0.4) is 0 Å². The molecule has 7 atom stereocenters. The maximum absolute atomic E-state index is 10.6. The summed E-state index contributed by atoms with van der Waals surface area (Å²) in [5, 5.41) is 40.2. The molecule has 3 rings (SSSR count). The Hall–Kier alpha value is -0.200. The lowest BCUT2D eigenvalue weighted by Crippen LogP contribution is -2.66. The van der Waals surface area contributed by atoms with Gasteiger partial charge in [0.1, 0.15) is 0 Å². The van der Waals surface area contributed by atoms with Crippen molar-refractivity contribution in [1.29, 1.82) is 0 Å². The van der Waals surface area contributed by atoms with Gasteiger partial charge in [-0.1, -0.05) is 20.8 Å². The molecule has 1 heterocycles. The van der Waals surface area contributed by atoms with Crippen LogP contribution in [-0.2, 0) is 4.74 Å². The van der Waals surface area contributed by atoms with Crippen LogP contribution in [0.1, 0.15) is 65.7 Å². The summed E-state index contributed by atoms with van der Waals surface area (Å²) in [5.74, 6) is 0.549. The van der Waals surface area contributed by atoms with Crippen molar-refractivity contribution in [3.05, 3.63) is 0 Å². The van der Waals surface area contributed by atoms with Gasteiger partial charge in [-0.25, -0.2) is 0 Å². The number of aliphatic hydroxyl groups is 4. The van der Waals surface area contributed by atoms with Crippen LogP contribution in [-0.4, -0.2) is 57.6 Å². The molecule has 3 fully saturated rings. The number of hydrogen-bond donors (Lipinski definition) is 4. The normalized spacial score (nSPS) is 53.2. The van der Waals surface area contributed by atoms with Crippen LogP contribution in [0, 0.1) is 22.7 Å². The molecule has 2 saturated carbocycles. The van der Waals surface area contributed by atoms with Crippen molar-refractivity contribution in [3.8, 4) is 0 Å². The quantitative estimate of drug-likeness (QED) is 0.617. The van der Waals surface area contributed by atoms with E-state index in [0.717, 1.165) is 32.1 Å². The first-order valence-corrected chi connectivity index (χ1v) is 9.94. The third-order valence-corrected chi connectivity index (χ3v) is 8.46. The van der Waals surface area contributed by atoms with E-state index < -0.39 is 17.1 Å². The summed E-state index contributed by atoms with van der Waals surface area (Å²) >= 11 is 0. The second kappa shape index (κ2) is 6.45. The highest BCUT2D eigenvalue weighted by Gasteiger charge is 2.68. The average molecular weight is 357 g/mol. The van der Waals surface area contributed by atoms with E-state index in [0.29, 0.717) is 18.8 Å². The van der Waals surface area contributed by atoms with Crippen LogP contribution in [0.4, 0.5) is 0 Å². The fourth-order valence-corrected chi connectivity index (χ4v) is 6.70. The lowest BCUT2D eigenvalue weighted by molar-refractivity contribution is -0.272. The molecule has 1 saturated heterocycles. The Morgan fingerprint density at radius 2 is 1.68 bits per heavy atom. The number of rotatable bonds is 4. The van der Waals surface area contributed by atoms with Gasteiger partial charge in [0, 0.05) is 23.9 Å². The fraction of sp³-hybridized carbons (Fsp3) is 1.00. The van der Waals surface area contributed by atoms with E-state index >= 15 is 0 Å². The van der Waals surface area contributed by atoms with Gasteiger partial charge in [-0.2, -0.15) is 0 Å². The van der Waals surface area contributed by atoms with Crippen molar-refractivity contribution >= 4 is 0 Å². The van der Waals surface area contributed by atoms with E-state index in [1.165, 1.54) is 0 Å². The molecule has 2 aliphatic carbocycles. The molecule has 5 nitrogen and oxygen atoms in total. The molecule has 25 heavy (non-hydrogen) atoms. The molecule has 5 heteroatoms. The summed E-state index contributed by atoms with van der Waals surface area (Å²) in [6.07, 6.45) is 5.15. The second-order valence-corrected chi connectivity index (χ2v) is 9.47. The van der Waals surface area contributed by atoms with Crippen LogP contribution in [0.2, 0.25) is 0 Å². The molecule has 0 aromatic carbocycles. The monoisotopic (exact) mass is 356 g/mol. The third-order valence-electron chi connectivity index (χ3n) is 8.46. The molecule has 1 aliphatic heterocycles. The first-order valence-electron chi connectivity index (χ1n) is 9.94. The largest absolute Gasteiger partial charge is 0.396 e. The number of aliphatic hydroxyl groups excluding tert-OH is 4. The van der Waals surface area contributed by atoms with Gasteiger partial charge in [-0.3, -0.25) is 0 Å². The van der Waals surface area contributed by atoms with Gasteiger partial charge in [0.15, 0.2) is 0 Å². The van der Waals surface area contributed by atoms with Crippen LogP contribution >= 0.6 is 0 Å². The van der Waals surface area contributed by atoms with Crippen molar-refractivity contribution in [2.45, 2.75) is 83.0 Å². The Labute approximate surface area is 151 Å². The third kappa shape index (κ3) is 2.53. The number of hydrogen-bond acceptors (Lipinski definition) is 5. The molecule has 0 bridgehead atoms. The summed E-state index contributed by atoms with van der Waals surface area (Å²) in [6.45, 7) is 6.47. The van der Waals surface area contributed by atoms with Gasteiger partial charge < -0.3 is 25.2 Å². The molecular weight excluding hydrogens is 320 g/mol. The Morgan fingerprint density at radius 1 is 0.960 bits per heavy atom. The lowest BCUT2D eigenvalue weighted by Gasteiger charge is -2.65. The standard InChI is InChI=1S/C20H36O5/c1-14-4-5-15-17(2,12-22)16(24)6-7-18(15,3)20(14)9-8-19(13-23,25-20)10-11-21/h14-16,21-24H,4-13H2,1-3H3/t14-,15-,16-,17-,18-,19+,20+/m0/s1. The highest BCUT2D eigenvalue weighted by Crippen LogP contribution is 2.67. The van der Waals surface area contributed by atoms with E-state index in [2.05, 4.69) is 13.8 Å². The van der Waals surface area contributed by atoms with Crippen molar-refractivity contribution in [1.82, 2.24) is 0 Å². The molecule has 1 spiro atoms. The van der Waals surface area contributed by atoms with E-state index in [9.17, 15) is 20.4 Å². The van der Waals surface area contributed by atoms with Crippen molar-refractivity contribution in [2.75, 3.05) is 19.8 Å². The predicted molar refractivity (Wildman–Crippen MR) is 95.0 cm³/mol. The smallest absolute Gasteiger partial charge is 0.0942 e. The first kappa shape index (κ1) is 19.6. The zero-order chi connectivity index (χ0) is 18.5. The Balaban J connectivity index is 2.02. The molecule has 0 amide bonds. The van der Waals surface area contributed by atoms with Crippen LogP contribution in [0.5, 0.6) is 0 Å². The Kier molecular flexibility index (Phi) is 5.05. The summed E-state index contributed by atoms with van der Waals surface area (Å²) in [6, 6.07) is 0. The van der Waals surface area contributed by atoms with Gasteiger partial charge in [-0.15, -0.1) is 0 Å². The molecule has 3 aliphatic rings. The average Bonchev–Trinajstić information content (AvgIpc) is 2.99. The van der Waals surface area contributed by atoms with Crippen LogP contribution in [0.15, 0.2) is 0 Å². The van der Waals surface area contributed by atoms with Gasteiger partial charge in [0.2, 0.25) is 0 Å². The highest BCUT2D eigenvalue weighted by atomic mass is 16.5. The molecule has 146 valence electrons. The molecule has 0 unspecified atom stereocenters. The zero-order valence-corrected chi connectivity index (χ0v) is 16.0. The van der Waals surface area contributed by atoms with E-state index in [1.807, 2.05) is 6.92 Å². The van der Waals surface area contributed by atoms with Gasteiger partial charge in [0.25, 0.3) is 0 Å². The fourth-order valence-electron chi connectivity index (χ4n) is 6.70. The maximum atomic E-state index is 10.6. The molecule has 0 aromatic rings. The number of fused-ring (bicyclic) bond motifs is 2. The Bertz CT molecular complexity index is 498. The molecular formula is C20H36O5. The molecule has 4 N–H and O–H groups in total. The van der Waals surface area contributed by atoms with Crippen molar-refractivity contribution < 1.29 is 25.2 Å². The minimum absolute atomic E-state index is 0.0121. The summed E-state index contributed by atoms with van der Waals surface area (Å²) in [5.41, 5.74) is -1.66. The SMILES string of the molecule is C[C@H]1CC[C@H]2[C@](C)(CO)[C@@H](O)CC[C@]2(C)[C@@]12CC[C@](CO)(CCO)O2. The van der Waals surface area contributed by atoms with E-state index in [4.69, 9.17) is 4.74 Å². The summed E-state index contributed by atoms with van der Waals surface area (Å²) < 4.78 is 6.75. The second-order valence-electron chi connectivity index (χ2n) is 9.47. The highest BCUT2D eigenvalue weighted by molar-refractivity contribution is 5.17. The minimum atomic E-state index is -0.653. The van der Waals surface area contributed by atoms with Crippen LogP contribution < -0.4 is 0 Å². The van der Waals surface area contributed by atoms with Gasteiger partial charge in [0.05, 0.1) is 30.5 Å². The summed E-state index contributed by atoms with van der Waals surface area (Å²) in [7, 11) is 0.